The number of aromatic nitrogens is 2. The second kappa shape index (κ2) is 14.5. The van der Waals surface area contributed by atoms with Crippen molar-refractivity contribution in [1.29, 1.82) is 10.5 Å². The molecule has 41 heavy (non-hydrogen) atoms. The first kappa shape index (κ1) is 29.1. The molecule has 7 nitrogen and oxygen atoms in total. The molecule has 3 N–H and O–H groups in total. The zero-order chi connectivity index (χ0) is 29.0. The van der Waals surface area contributed by atoms with Gasteiger partial charge in [0.15, 0.2) is 6.29 Å². The average molecular weight is 579 g/mol. The minimum Gasteiger partial charge on any atom is -0.497 e. The molecule has 0 saturated heterocycles. The standard InChI is InChI=1S/C16H12N2OS.C11H10N2O.C5H4OS/c1-19-13-2-3-16-14(7-13)15(9-18-16)12(8-17)6-11-4-5-20-10-11;12-4-3-9-6-13-11-2-1-8(7-14)5-10(9)11;6-3-5-1-2-7-4-5/h2-7,9-10,18H,1H3;1-2,5-6,13-14H,3,7H2;1-4H/b12-6+;;. The van der Waals surface area contributed by atoms with Gasteiger partial charge in [-0.05, 0) is 81.4 Å². The van der Waals surface area contributed by atoms with E-state index in [4.69, 9.17) is 15.1 Å². The summed E-state index contributed by atoms with van der Waals surface area (Å²) in [5.74, 6) is 0.783. The molecule has 0 aliphatic rings. The Bertz CT molecular complexity index is 1830. The maximum atomic E-state index is 9.87. The van der Waals surface area contributed by atoms with E-state index >= 15 is 0 Å². The second-order valence-electron chi connectivity index (χ2n) is 8.70. The molecule has 4 aromatic heterocycles. The van der Waals surface area contributed by atoms with Crippen molar-refractivity contribution < 1.29 is 14.6 Å². The Hall–Kier alpha value is -4.93. The van der Waals surface area contributed by atoms with Gasteiger partial charge in [-0.25, -0.2) is 0 Å². The van der Waals surface area contributed by atoms with Gasteiger partial charge in [0.1, 0.15) is 5.75 Å². The monoisotopic (exact) mass is 578 g/mol. The molecule has 0 amide bonds. The van der Waals surface area contributed by atoms with Crippen LogP contribution in [0.4, 0.5) is 0 Å². The number of aldehydes is 1. The van der Waals surface area contributed by atoms with Gasteiger partial charge in [-0.2, -0.15) is 33.2 Å². The number of aromatic amines is 2. The van der Waals surface area contributed by atoms with E-state index in [1.807, 2.05) is 82.5 Å². The van der Waals surface area contributed by atoms with Crippen molar-refractivity contribution in [1.82, 2.24) is 9.97 Å². The number of carbonyl (C=O) groups excluding carboxylic acids is 1. The van der Waals surface area contributed by atoms with E-state index in [1.54, 1.807) is 24.5 Å². The number of benzene rings is 2. The van der Waals surface area contributed by atoms with Gasteiger partial charge in [-0.15, -0.1) is 0 Å². The molecule has 0 aliphatic heterocycles. The maximum absolute atomic E-state index is 9.87. The first-order chi connectivity index (χ1) is 20.1. The molecule has 0 atom stereocenters. The summed E-state index contributed by atoms with van der Waals surface area (Å²) in [7, 11) is 1.64. The Balaban J connectivity index is 0.000000159. The topological polar surface area (TPSA) is 126 Å². The first-order valence-electron chi connectivity index (χ1n) is 12.4. The summed E-state index contributed by atoms with van der Waals surface area (Å²) in [4.78, 5) is 16.2. The summed E-state index contributed by atoms with van der Waals surface area (Å²) < 4.78 is 5.25. The summed E-state index contributed by atoms with van der Waals surface area (Å²) in [5, 5.41) is 36.7. The fourth-order valence-corrected chi connectivity index (χ4v) is 5.26. The van der Waals surface area contributed by atoms with E-state index in [0.717, 1.165) is 61.7 Å². The SMILES string of the molecule is COc1ccc2[nH]cc(/C(C#N)=C/c3ccsc3)c2c1.N#CCc1c[nH]c2ccc(CO)cc12.O=Cc1ccsc1. The lowest BCUT2D eigenvalue weighted by molar-refractivity contribution is 0.112. The number of nitriles is 2. The third-order valence-corrected chi connectivity index (χ3v) is 7.52. The number of carbonyl (C=O) groups is 1. The van der Waals surface area contributed by atoms with Crippen molar-refractivity contribution in [3.05, 3.63) is 110 Å². The zero-order valence-electron chi connectivity index (χ0n) is 22.1. The number of allylic oxidation sites excluding steroid dienone is 1. The van der Waals surface area contributed by atoms with Crippen molar-refractivity contribution in [2.45, 2.75) is 13.0 Å². The van der Waals surface area contributed by atoms with Gasteiger partial charge in [-0.3, -0.25) is 4.79 Å². The number of hydrogen-bond acceptors (Lipinski definition) is 7. The molecule has 6 rings (SSSR count). The molecule has 0 aliphatic carbocycles. The van der Waals surface area contributed by atoms with Gasteiger partial charge < -0.3 is 19.8 Å². The smallest absolute Gasteiger partial charge is 0.150 e. The van der Waals surface area contributed by atoms with Gasteiger partial charge >= 0.3 is 0 Å². The van der Waals surface area contributed by atoms with Crippen molar-refractivity contribution >= 4 is 62.4 Å². The minimum absolute atomic E-state index is 0.0348. The second-order valence-corrected chi connectivity index (χ2v) is 10.3. The van der Waals surface area contributed by atoms with Crippen LogP contribution in [-0.4, -0.2) is 28.5 Å². The van der Waals surface area contributed by atoms with Crippen LogP contribution < -0.4 is 4.74 Å². The molecule has 204 valence electrons. The lowest BCUT2D eigenvalue weighted by Gasteiger charge is -2.01. The maximum Gasteiger partial charge on any atom is 0.150 e. The van der Waals surface area contributed by atoms with Crippen LogP contribution in [0.25, 0.3) is 33.5 Å². The van der Waals surface area contributed by atoms with Crippen molar-refractivity contribution in [3.8, 4) is 17.9 Å². The highest BCUT2D eigenvalue weighted by molar-refractivity contribution is 7.08. The third kappa shape index (κ3) is 7.38. The van der Waals surface area contributed by atoms with Crippen LogP contribution in [0.3, 0.4) is 0 Å². The van der Waals surface area contributed by atoms with Crippen LogP contribution >= 0.6 is 22.7 Å². The molecule has 0 unspecified atom stereocenters. The number of nitrogens with one attached hydrogen (secondary N) is 2. The number of nitrogens with zero attached hydrogens (tertiary/aromatic N) is 2. The molecule has 0 radical (unpaired) electrons. The van der Waals surface area contributed by atoms with E-state index in [9.17, 15) is 10.1 Å². The number of rotatable bonds is 6. The van der Waals surface area contributed by atoms with Gasteiger partial charge in [0.25, 0.3) is 0 Å². The molecule has 2 aromatic carbocycles. The molecular formula is C32H26N4O3S2. The molecule has 0 saturated carbocycles. The Labute approximate surface area is 245 Å². The molecule has 4 heterocycles. The van der Waals surface area contributed by atoms with E-state index in [-0.39, 0.29) is 6.61 Å². The Morgan fingerprint density at radius 2 is 1.66 bits per heavy atom. The van der Waals surface area contributed by atoms with Crippen LogP contribution in [0.5, 0.6) is 5.75 Å². The third-order valence-electron chi connectivity index (χ3n) is 6.12. The van der Waals surface area contributed by atoms with E-state index < -0.39 is 0 Å². The van der Waals surface area contributed by atoms with Crippen LogP contribution in [-0.2, 0) is 13.0 Å². The van der Waals surface area contributed by atoms with Gasteiger partial charge in [0.05, 0.1) is 37.8 Å². The Morgan fingerprint density at radius 1 is 0.951 bits per heavy atom. The predicted molar refractivity (Wildman–Crippen MR) is 166 cm³/mol. The summed E-state index contributed by atoms with van der Waals surface area (Å²) in [6, 6.07) is 19.7. The van der Waals surface area contributed by atoms with Crippen LogP contribution in [0, 0.1) is 22.7 Å². The number of hydrogen-bond donors (Lipinski definition) is 3. The Morgan fingerprint density at radius 3 is 2.27 bits per heavy atom. The van der Waals surface area contributed by atoms with Crippen molar-refractivity contribution in [2.24, 2.45) is 0 Å². The zero-order valence-corrected chi connectivity index (χ0v) is 23.8. The summed E-state index contributed by atoms with van der Waals surface area (Å²) in [6.45, 7) is 0.0348. The quantitative estimate of drug-likeness (QED) is 0.139. The lowest BCUT2D eigenvalue weighted by Crippen LogP contribution is -1.83. The lowest BCUT2D eigenvalue weighted by atomic mass is 10.0. The minimum atomic E-state index is 0.0348. The van der Waals surface area contributed by atoms with Gasteiger partial charge in [0.2, 0.25) is 0 Å². The number of thiophene rings is 2. The summed E-state index contributed by atoms with van der Waals surface area (Å²) >= 11 is 3.15. The molecule has 6 aromatic rings. The molecule has 0 bridgehead atoms. The molecular weight excluding hydrogens is 553 g/mol. The van der Waals surface area contributed by atoms with Gasteiger partial charge in [-0.1, -0.05) is 6.07 Å². The Kier molecular flexibility index (Phi) is 10.2. The summed E-state index contributed by atoms with van der Waals surface area (Å²) in [6.07, 6.45) is 6.85. The van der Waals surface area contributed by atoms with Crippen LogP contribution in [0.15, 0.2) is 82.4 Å². The number of ether oxygens (including phenoxy) is 1. The van der Waals surface area contributed by atoms with E-state index in [0.29, 0.717) is 12.0 Å². The van der Waals surface area contributed by atoms with Gasteiger partial charge in [0, 0.05) is 50.7 Å². The van der Waals surface area contributed by atoms with E-state index in [1.165, 1.54) is 11.3 Å². The molecule has 0 spiro atoms. The number of aliphatic hydroxyl groups is 1. The van der Waals surface area contributed by atoms with Crippen molar-refractivity contribution in [3.63, 3.8) is 0 Å². The number of aliphatic hydroxyl groups excluding tert-OH is 1. The summed E-state index contributed by atoms with van der Waals surface area (Å²) in [5.41, 5.74) is 7.21. The molecule has 9 heteroatoms. The fourth-order valence-electron chi connectivity index (χ4n) is 4.04. The molecule has 0 fully saturated rings. The predicted octanol–water partition coefficient (Wildman–Crippen LogP) is 7.59. The van der Waals surface area contributed by atoms with E-state index in [2.05, 4.69) is 22.1 Å². The average Bonchev–Trinajstić information content (AvgIpc) is 3.84. The van der Waals surface area contributed by atoms with Crippen LogP contribution in [0.2, 0.25) is 0 Å². The number of H-pyrrole nitrogens is 2. The first-order valence-corrected chi connectivity index (χ1v) is 14.3. The van der Waals surface area contributed by atoms with Crippen LogP contribution in [0.1, 0.15) is 32.6 Å². The highest BCUT2D eigenvalue weighted by Crippen LogP contribution is 2.29. The van der Waals surface area contributed by atoms with Crippen molar-refractivity contribution in [2.75, 3.05) is 7.11 Å². The number of methoxy groups -OCH3 is 1. The normalized spacial score (nSPS) is 10.6. The highest BCUT2D eigenvalue weighted by Gasteiger charge is 2.10. The largest absolute Gasteiger partial charge is 0.497 e. The highest BCUT2D eigenvalue weighted by atomic mass is 32.1. The fraction of sp³-hybridized carbons (Fsp3) is 0.0938. The number of fused-ring (bicyclic) bond motifs is 2.